The molecule has 1 aromatic rings. The lowest BCUT2D eigenvalue weighted by Gasteiger charge is -2.35. The van der Waals surface area contributed by atoms with Gasteiger partial charge in [0.15, 0.2) is 0 Å². The summed E-state index contributed by atoms with van der Waals surface area (Å²) in [5, 5.41) is 11.7. The molecule has 0 aromatic heterocycles. The second kappa shape index (κ2) is 4.17. The minimum Gasteiger partial charge on any atom is -0.334 e. The van der Waals surface area contributed by atoms with Crippen LogP contribution in [-0.2, 0) is 0 Å². The summed E-state index contributed by atoms with van der Waals surface area (Å²) >= 11 is 0. The van der Waals surface area contributed by atoms with E-state index in [2.05, 4.69) is 11.4 Å². The van der Waals surface area contributed by atoms with Crippen molar-refractivity contribution in [3.8, 4) is 6.07 Å². The number of aryl methyl sites for hydroxylation is 1. The number of benzene rings is 1. The molecule has 0 aliphatic heterocycles. The Labute approximate surface area is 99.2 Å². The number of carbonyl (C=O) groups excluding carboxylic acids is 1. The van der Waals surface area contributed by atoms with Crippen LogP contribution in [0.5, 0.6) is 0 Å². The van der Waals surface area contributed by atoms with Crippen LogP contribution in [0.1, 0.15) is 35.2 Å². The van der Waals surface area contributed by atoms with Crippen LogP contribution in [0.3, 0.4) is 0 Å². The van der Waals surface area contributed by atoms with Crippen molar-refractivity contribution in [2.24, 2.45) is 0 Å². The standard InChI is InChI=1S/C13H13FN2O/c1-9-7-10(3-4-11(9)14)12(17)16-13(8-15)5-2-6-13/h3-4,7H,2,5-6H2,1H3,(H,16,17). The van der Waals surface area contributed by atoms with E-state index in [0.29, 0.717) is 24.0 Å². The Morgan fingerprint density at radius 3 is 2.71 bits per heavy atom. The maximum atomic E-state index is 13.1. The Hall–Kier alpha value is -1.89. The minimum atomic E-state index is -0.709. The lowest BCUT2D eigenvalue weighted by Crippen LogP contribution is -2.52. The van der Waals surface area contributed by atoms with Crippen LogP contribution in [0.15, 0.2) is 18.2 Å². The lowest BCUT2D eigenvalue weighted by atomic mass is 9.78. The monoisotopic (exact) mass is 232 g/mol. The van der Waals surface area contributed by atoms with Gasteiger partial charge in [-0.15, -0.1) is 0 Å². The molecular formula is C13H13FN2O. The number of carbonyl (C=O) groups is 1. The number of nitrogens with one attached hydrogen (secondary N) is 1. The van der Waals surface area contributed by atoms with E-state index in [-0.39, 0.29) is 11.7 Å². The number of nitriles is 1. The van der Waals surface area contributed by atoms with Crippen molar-refractivity contribution in [3.05, 3.63) is 35.1 Å². The van der Waals surface area contributed by atoms with Crippen LogP contribution in [-0.4, -0.2) is 11.4 Å². The van der Waals surface area contributed by atoms with Gasteiger partial charge in [0.2, 0.25) is 0 Å². The number of hydrogen-bond acceptors (Lipinski definition) is 2. The maximum Gasteiger partial charge on any atom is 0.252 e. The molecule has 0 heterocycles. The molecule has 1 N–H and O–H groups in total. The van der Waals surface area contributed by atoms with Crippen molar-refractivity contribution in [3.63, 3.8) is 0 Å². The predicted molar refractivity (Wildman–Crippen MR) is 60.8 cm³/mol. The molecule has 0 bridgehead atoms. The van der Waals surface area contributed by atoms with E-state index < -0.39 is 5.54 Å². The summed E-state index contributed by atoms with van der Waals surface area (Å²) in [4.78, 5) is 11.9. The molecule has 1 aliphatic carbocycles. The molecule has 1 aliphatic rings. The third-order valence-electron chi connectivity index (χ3n) is 3.19. The second-order valence-corrected chi connectivity index (χ2v) is 4.47. The van der Waals surface area contributed by atoms with Gasteiger partial charge in [-0.05, 0) is 49.9 Å². The molecule has 1 aromatic carbocycles. The first-order valence-electron chi connectivity index (χ1n) is 5.56. The minimum absolute atomic E-state index is 0.311. The van der Waals surface area contributed by atoms with E-state index in [1.165, 1.54) is 18.2 Å². The van der Waals surface area contributed by atoms with Gasteiger partial charge in [0.1, 0.15) is 11.4 Å². The number of nitrogens with zero attached hydrogens (tertiary/aromatic N) is 1. The molecule has 2 rings (SSSR count). The van der Waals surface area contributed by atoms with Crippen LogP contribution in [0.25, 0.3) is 0 Å². The summed E-state index contributed by atoms with van der Waals surface area (Å²) in [7, 11) is 0. The van der Waals surface area contributed by atoms with Crippen molar-refractivity contribution in [1.82, 2.24) is 5.32 Å². The molecule has 0 unspecified atom stereocenters. The van der Waals surface area contributed by atoms with Crippen LogP contribution >= 0.6 is 0 Å². The van der Waals surface area contributed by atoms with E-state index in [0.717, 1.165) is 6.42 Å². The Balaban J connectivity index is 2.15. The Morgan fingerprint density at radius 2 is 2.24 bits per heavy atom. The molecule has 1 amide bonds. The van der Waals surface area contributed by atoms with Gasteiger partial charge in [0, 0.05) is 5.56 Å². The first kappa shape index (κ1) is 11.6. The number of halogens is 1. The van der Waals surface area contributed by atoms with Gasteiger partial charge < -0.3 is 5.32 Å². The highest BCUT2D eigenvalue weighted by atomic mass is 19.1. The third-order valence-corrected chi connectivity index (χ3v) is 3.19. The number of amides is 1. The fourth-order valence-electron chi connectivity index (χ4n) is 1.87. The first-order chi connectivity index (χ1) is 8.06. The summed E-state index contributed by atoms with van der Waals surface area (Å²) in [6, 6.07) is 6.33. The Kier molecular flexibility index (Phi) is 2.84. The largest absolute Gasteiger partial charge is 0.334 e. The smallest absolute Gasteiger partial charge is 0.252 e. The third kappa shape index (κ3) is 2.14. The SMILES string of the molecule is Cc1cc(C(=O)NC2(C#N)CCC2)ccc1F. The summed E-state index contributed by atoms with van der Waals surface area (Å²) in [6.07, 6.45) is 2.33. The van der Waals surface area contributed by atoms with Crippen LogP contribution in [0, 0.1) is 24.1 Å². The highest BCUT2D eigenvalue weighted by molar-refractivity contribution is 5.95. The molecular weight excluding hydrogens is 219 g/mol. The molecule has 1 saturated carbocycles. The van der Waals surface area contributed by atoms with E-state index in [1.54, 1.807) is 6.92 Å². The molecule has 0 spiro atoms. The zero-order valence-corrected chi connectivity index (χ0v) is 9.59. The van der Waals surface area contributed by atoms with Gasteiger partial charge in [0.25, 0.3) is 5.91 Å². The van der Waals surface area contributed by atoms with Crippen molar-refractivity contribution in [1.29, 1.82) is 5.26 Å². The molecule has 0 atom stereocenters. The summed E-state index contributed by atoms with van der Waals surface area (Å²) in [6.45, 7) is 1.61. The molecule has 4 heteroatoms. The highest BCUT2D eigenvalue weighted by Crippen LogP contribution is 2.31. The first-order valence-corrected chi connectivity index (χ1v) is 5.56. The van der Waals surface area contributed by atoms with Gasteiger partial charge in [-0.3, -0.25) is 4.79 Å². The van der Waals surface area contributed by atoms with E-state index in [1.807, 2.05) is 0 Å². The second-order valence-electron chi connectivity index (χ2n) is 4.47. The normalized spacial score (nSPS) is 16.8. The van der Waals surface area contributed by atoms with E-state index >= 15 is 0 Å². The molecule has 0 saturated heterocycles. The maximum absolute atomic E-state index is 13.1. The van der Waals surface area contributed by atoms with Gasteiger partial charge in [-0.25, -0.2) is 4.39 Å². The summed E-state index contributed by atoms with van der Waals surface area (Å²) < 4.78 is 13.1. The zero-order chi connectivity index (χ0) is 12.5. The zero-order valence-electron chi connectivity index (χ0n) is 9.59. The average molecular weight is 232 g/mol. The topological polar surface area (TPSA) is 52.9 Å². The van der Waals surface area contributed by atoms with Crippen molar-refractivity contribution < 1.29 is 9.18 Å². The molecule has 1 fully saturated rings. The van der Waals surface area contributed by atoms with Crippen LogP contribution in [0.2, 0.25) is 0 Å². The van der Waals surface area contributed by atoms with Gasteiger partial charge >= 0.3 is 0 Å². The fraction of sp³-hybridized carbons (Fsp3) is 0.385. The fourth-order valence-corrected chi connectivity index (χ4v) is 1.87. The van der Waals surface area contributed by atoms with Crippen molar-refractivity contribution in [2.45, 2.75) is 31.7 Å². The molecule has 3 nitrogen and oxygen atoms in total. The molecule has 0 radical (unpaired) electrons. The van der Waals surface area contributed by atoms with Gasteiger partial charge in [0.05, 0.1) is 6.07 Å². The lowest BCUT2D eigenvalue weighted by molar-refractivity contribution is 0.0881. The van der Waals surface area contributed by atoms with E-state index in [9.17, 15) is 9.18 Å². The molecule has 17 heavy (non-hydrogen) atoms. The summed E-state index contributed by atoms with van der Waals surface area (Å²) in [5.74, 6) is -0.644. The summed E-state index contributed by atoms with van der Waals surface area (Å²) in [5.41, 5.74) is 0.113. The number of rotatable bonds is 2. The van der Waals surface area contributed by atoms with E-state index in [4.69, 9.17) is 5.26 Å². The molecule has 88 valence electrons. The van der Waals surface area contributed by atoms with Gasteiger partial charge in [-0.2, -0.15) is 5.26 Å². The number of hydrogen-bond donors (Lipinski definition) is 1. The highest BCUT2D eigenvalue weighted by Gasteiger charge is 2.38. The Bertz CT molecular complexity index is 501. The van der Waals surface area contributed by atoms with Crippen LogP contribution < -0.4 is 5.32 Å². The quantitative estimate of drug-likeness (QED) is 0.850. The van der Waals surface area contributed by atoms with Crippen LogP contribution in [0.4, 0.5) is 4.39 Å². The average Bonchev–Trinajstić information content (AvgIpc) is 2.27. The Morgan fingerprint density at radius 1 is 1.53 bits per heavy atom. The van der Waals surface area contributed by atoms with Crippen molar-refractivity contribution >= 4 is 5.91 Å². The predicted octanol–water partition coefficient (Wildman–Crippen LogP) is 2.31. The van der Waals surface area contributed by atoms with Crippen molar-refractivity contribution in [2.75, 3.05) is 0 Å². The van der Waals surface area contributed by atoms with Gasteiger partial charge in [-0.1, -0.05) is 0 Å².